The van der Waals surface area contributed by atoms with Gasteiger partial charge in [0.25, 0.3) is 12.3 Å². The molecule has 2 fully saturated rings. The van der Waals surface area contributed by atoms with Gasteiger partial charge in [0.15, 0.2) is 6.10 Å². The minimum atomic E-state index is -2.73. The molecule has 1 aromatic heterocycles. The molecule has 142 valence electrons. The van der Waals surface area contributed by atoms with Gasteiger partial charge in [-0.3, -0.25) is 9.78 Å². The maximum Gasteiger partial charge on any atom is 0.407 e. The van der Waals surface area contributed by atoms with Crippen molar-refractivity contribution in [1.29, 1.82) is 0 Å². The second-order valence-corrected chi connectivity index (χ2v) is 6.36. The van der Waals surface area contributed by atoms with Gasteiger partial charge < -0.3 is 25.4 Å². The van der Waals surface area contributed by atoms with Gasteiger partial charge in [0.1, 0.15) is 11.8 Å². The van der Waals surface area contributed by atoms with Crippen molar-refractivity contribution in [3.05, 3.63) is 30.0 Å². The molecule has 1 unspecified atom stereocenters. The Balaban J connectivity index is 1.84. The Morgan fingerprint density at radius 2 is 2.26 bits per heavy atom. The van der Waals surface area contributed by atoms with E-state index in [0.29, 0.717) is 16.6 Å². The summed E-state index contributed by atoms with van der Waals surface area (Å²) in [7, 11) is 1.38. The number of anilines is 1. The van der Waals surface area contributed by atoms with Crippen LogP contribution in [0.4, 0.5) is 19.3 Å². The Labute approximate surface area is 152 Å². The number of alkyl carbamates (subject to hydrolysis) is 1. The molecule has 2 amide bonds. The highest BCUT2D eigenvalue weighted by Crippen LogP contribution is 2.38. The fourth-order valence-corrected chi connectivity index (χ4v) is 3.75. The summed E-state index contributed by atoms with van der Waals surface area (Å²) in [6.07, 6.45) is -2.91. The van der Waals surface area contributed by atoms with E-state index in [1.54, 1.807) is 12.1 Å². The number of methoxy groups -OCH3 is 1. The number of amides is 2. The van der Waals surface area contributed by atoms with Crippen molar-refractivity contribution in [2.45, 2.75) is 24.6 Å². The van der Waals surface area contributed by atoms with Crippen LogP contribution in [0.3, 0.4) is 0 Å². The van der Waals surface area contributed by atoms with Crippen LogP contribution in [0.2, 0.25) is 0 Å². The monoisotopic (exact) mass is 378 g/mol. The Kier molecular flexibility index (Phi) is 3.97. The van der Waals surface area contributed by atoms with Crippen LogP contribution in [0.1, 0.15) is 10.4 Å². The van der Waals surface area contributed by atoms with E-state index in [-0.39, 0.29) is 17.9 Å². The van der Waals surface area contributed by atoms with Gasteiger partial charge in [0.2, 0.25) is 0 Å². The summed E-state index contributed by atoms with van der Waals surface area (Å²) in [6, 6.07) is 2.78. The lowest BCUT2D eigenvalue weighted by Gasteiger charge is -2.29. The molecule has 3 heterocycles. The van der Waals surface area contributed by atoms with Gasteiger partial charge in [0.05, 0.1) is 24.2 Å². The topological polar surface area (TPSA) is 107 Å². The number of halogens is 2. The summed E-state index contributed by atoms with van der Waals surface area (Å²) in [6.45, 7) is 0.157. The lowest BCUT2D eigenvalue weighted by Crippen LogP contribution is -2.42. The second kappa shape index (κ2) is 6.22. The van der Waals surface area contributed by atoms with Crippen molar-refractivity contribution in [1.82, 2.24) is 10.3 Å². The number of nitrogens with one attached hydrogen (secondary N) is 1. The summed E-state index contributed by atoms with van der Waals surface area (Å²) in [5.41, 5.74) is 6.40. The molecule has 2 saturated heterocycles. The van der Waals surface area contributed by atoms with E-state index in [2.05, 4.69) is 10.3 Å². The van der Waals surface area contributed by atoms with E-state index in [4.69, 9.17) is 15.2 Å². The number of nitrogens with zero attached hydrogens (tertiary/aromatic N) is 2. The van der Waals surface area contributed by atoms with E-state index in [1.807, 2.05) is 0 Å². The van der Waals surface area contributed by atoms with Crippen LogP contribution in [-0.2, 0) is 4.74 Å². The van der Waals surface area contributed by atoms with Crippen molar-refractivity contribution in [2.75, 3.05) is 18.6 Å². The fraction of sp³-hybridized carbons (Fsp3) is 0.353. The third-order valence-electron chi connectivity index (χ3n) is 4.91. The van der Waals surface area contributed by atoms with Crippen LogP contribution in [0.25, 0.3) is 10.9 Å². The van der Waals surface area contributed by atoms with E-state index in [1.165, 1.54) is 24.3 Å². The van der Waals surface area contributed by atoms with Crippen LogP contribution in [0.5, 0.6) is 5.75 Å². The summed E-state index contributed by atoms with van der Waals surface area (Å²) in [5.74, 6) is -0.458. The fourth-order valence-electron chi connectivity index (χ4n) is 3.75. The lowest BCUT2D eigenvalue weighted by molar-refractivity contribution is 0.0501. The lowest BCUT2D eigenvalue weighted by atomic mass is 10.1. The largest absolute Gasteiger partial charge is 0.496 e. The molecule has 27 heavy (non-hydrogen) atoms. The Morgan fingerprint density at radius 3 is 2.93 bits per heavy atom. The number of ether oxygens (including phenoxy) is 2. The number of carbonyl (C=O) groups is 2. The third kappa shape index (κ3) is 2.68. The number of carbonyl (C=O) groups excluding carboxylic acids is 2. The zero-order chi connectivity index (χ0) is 19.3. The van der Waals surface area contributed by atoms with Crippen molar-refractivity contribution in [3.63, 3.8) is 0 Å². The molecule has 3 atom stereocenters. The quantitative estimate of drug-likeness (QED) is 0.830. The van der Waals surface area contributed by atoms with Gasteiger partial charge in [-0.2, -0.15) is 0 Å². The first kappa shape index (κ1) is 17.3. The Bertz CT molecular complexity index is 939. The predicted octanol–water partition coefficient (Wildman–Crippen LogP) is 1.27. The zero-order valence-corrected chi connectivity index (χ0v) is 14.2. The Morgan fingerprint density at radius 1 is 1.48 bits per heavy atom. The third-order valence-corrected chi connectivity index (χ3v) is 4.91. The summed E-state index contributed by atoms with van der Waals surface area (Å²) in [4.78, 5) is 28.7. The maximum atomic E-state index is 13.8. The number of benzene rings is 1. The molecule has 4 rings (SSSR count). The number of hydrogen-bond acceptors (Lipinski definition) is 6. The molecular formula is C17H16F2N4O4. The molecule has 0 bridgehead atoms. The van der Waals surface area contributed by atoms with Crippen molar-refractivity contribution in [2.24, 2.45) is 5.73 Å². The first-order chi connectivity index (χ1) is 12.9. The molecule has 0 radical (unpaired) electrons. The van der Waals surface area contributed by atoms with Crippen molar-refractivity contribution in [3.8, 4) is 5.75 Å². The highest BCUT2D eigenvalue weighted by molar-refractivity contribution is 6.02. The smallest absolute Gasteiger partial charge is 0.407 e. The van der Waals surface area contributed by atoms with Crippen molar-refractivity contribution < 1.29 is 27.8 Å². The van der Waals surface area contributed by atoms with Crippen LogP contribution < -0.4 is 20.7 Å². The predicted molar refractivity (Wildman–Crippen MR) is 91.1 cm³/mol. The number of pyridine rings is 1. The molecule has 0 spiro atoms. The molecule has 2 aromatic rings. The summed E-state index contributed by atoms with van der Waals surface area (Å²) < 4.78 is 37.9. The zero-order valence-electron chi connectivity index (χ0n) is 14.2. The second-order valence-electron chi connectivity index (χ2n) is 6.36. The number of primary amides is 1. The van der Waals surface area contributed by atoms with Gasteiger partial charge in [-0.1, -0.05) is 0 Å². The average molecular weight is 378 g/mol. The molecule has 1 aromatic carbocycles. The van der Waals surface area contributed by atoms with E-state index >= 15 is 0 Å². The average Bonchev–Trinajstić information content (AvgIpc) is 3.15. The van der Waals surface area contributed by atoms with Gasteiger partial charge in [0, 0.05) is 23.8 Å². The van der Waals surface area contributed by atoms with Gasteiger partial charge >= 0.3 is 6.09 Å². The van der Waals surface area contributed by atoms with E-state index < -0.39 is 36.6 Å². The van der Waals surface area contributed by atoms with Crippen LogP contribution in [0, 0.1) is 0 Å². The van der Waals surface area contributed by atoms with Gasteiger partial charge in [-0.15, -0.1) is 0 Å². The molecule has 3 N–H and O–H groups in total. The van der Waals surface area contributed by atoms with Crippen molar-refractivity contribution >= 4 is 28.6 Å². The first-order valence-corrected chi connectivity index (χ1v) is 8.19. The minimum absolute atomic E-state index is 0.147. The summed E-state index contributed by atoms with van der Waals surface area (Å²) >= 11 is 0. The number of fused-ring (bicyclic) bond motifs is 2. The molecule has 0 saturated carbocycles. The molecule has 8 nitrogen and oxygen atoms in total. The molecule has 2 aliphatic rings. The highest BCUT2D eigenvalue weighted by atomic mass is 19.3. The number of hydrogen-bond donors (Lipinski definition) is 2. The van der Waals surface area contributed by atoms with Crippen LogP contribution >= 0.6 is 0 Å². The van der Waals surface area contributed by atoms with Gasteiger partial charge in [-0.25, -0.2) is 13.6 Å². The first-order valence-electron chi connectivity index (χ1n) is 8.19. The normalized spacial score (nSPS) is 24.1. The maximum absolute atomic E-state index is 13.8. The van der Waals surface area contributed by atoms with Gasteiger partial charge in [-0.05, 0) is 18.2 Å². The van der Waals surface area contributed by atoms with Crippen LogP contribution in [-0.4, -0.2) is 55.3 Å². The molecule has 2 aliphatic heterocycles. The standard InChI is InChI=1S/C17H16F2N4O4/c1-26-12-5-7-9(4-8(12)16(20)24)21-3-2-11(7)23-6-10-14(13(23)15(18)19)27-17(25)22-10/h2-5,10,13-15H,6H2,1H3,(H2,20,24)(H,22,25)/t10-,13?,14-/m1/s1. The minimum Gasteiger partial charge on any atom is -0.496 e. The van der Waals surface area contributed by atoms with Crippen LogP contribution in [0.15, 0.2) is 24.4 Å². The summed E-state index contributed by atoms with van der Waals surface area (Å²) in [5, 5.41) is 3.08. The van der Waals surface area contributed by atoms with E-state index in [0.717, 1.165) is 0 Å². The SMILES string of the molecule is COc1cc2c(N3C[C@H]4NC(=O)O[C@H]4C3C(F)F)ccnc2cc1C(N)=O. The highest BCUT2D eigenvalue weighted by Gasteiger charge is 2.53. The molecular weight excluding hydrogens is 362 g/mol. The number of alkyl halides is 2. The molecule has 0 aliphatic carbocycles. The number of rotatable bonds is 4. The Hall–Kier alpha value is -3.17. The number of nitrogens with two attached hydrogens (primary N) is 1. The van der Waals surface area contributed by atoms with E-state index in [9.17, 15) is 18.4 Å². The molecule has 10 heteroatoms. The number of aromatic nitrogens is 1.